The maximum absolute atomic E-state index is 15.1. The van der Waals surface area contributed by atoms with Crippen molar-refractivity contribution in [3.8, 4) is 11.3 Å². The van der Waals surface area contributed by atoms with Crippen molar-refractivity contribution in [2.24, 2.45) is 4.99 Å². The highest BCUT2D eigenvalue weighted by molar-refractivity contribution is 6.34. The summed E-state index contributed by atoms with van der Waals surface area (Å²) in [4.78, 5) is 28.7. The molecule has 3 heterocycles. The van der Waals surface area contributed by atoms with E-state index in [0.717, 1.165) is 22.6 Å². The first-order valence-corrected chi connectivity index (χ1v) is 14.2. The lowest BCUT2D eigenvalue weighted by Crippen LogP contribution is -2.59. The summed E-state index contributed by atoms with van der Waals surface area (Å²) in [6, 6.07) is 14.5. The topological polar surface area (TPSA) is 78.1 Å². The van der Waals surface area contributed by atoms with Crippen LogP contribution in [0.3, 0.4) is 0 Å². The number of hydrogen-bond acceptors (Lipinski definition) is 6. The molecule has 0 saturated carbocycles. The zero-order valence-corrected chi connectivity index (χ0v) is 24.9. The largest absolute Gasteiger partial charge is 0.398 e. The van der Waals surface area contributed by atoms with Crippen LogP contribution in [0.4, 0.5) is 21.6 Å². The Morgan fingerprint density at radius 2 is 1.85 bits per heavy atom. The fourth-order valence-electron chi connectivity index (χ4n) is 5.73. The molecular weight excluding hydrogens is 539 g/mol. The highest BCUT2D eigenvalue weighted by Crippen LogP contribution is 2.42. The minimum absolute atomic E-state index is 0.0178. The SMILES string of the molecule is C=CC(=O)N1C[C@H](C)N(C2=NCN(c3ccccc3C(C)(C)C)c3nc(-c4c(N)cccc4F)c(Cl)cc32)C[C@H]1C. The number of benzene rings is 2. The van der Waals surface area contributed by atoms with Gasteiger partial charge in [-0.15, -0.1) is 0 Å². The number of amides is 1. The number of carbonyl (C=O) groups is 1. The number of hydrogen-bond donors (Lipinski definition) is 1. The average molecular weight is 575 g/mol. The molecule has 2 aliphatic heterocycles. The van der Waals surface area contributed by atoms with Gasteiger partial charge in [0.1, 0.15) is 24.1 Å². The van der Waals surface area contributed by atoms with Crippen molar-refractivity contribution < 1.29 is 9.18 Å². The minimum atomic E-state index is -0.490. The molecule has 0 unspecified atom stereocenters. The molecule has 2 N–H and O–H groups in total. The van der Waals surface area contributed by atoms with Crippen LogP contribution in [0.15, 0.2) is 66.2 Å². The van der Waals surface area contributed by atoms with E-state index in [1.165, 1.54) is 12.1 Å². The van der Waals surface area contributed by atoms with E-state index >= 15 is 4.39 Å². The number of piperazine rings is 1. The smallest absolute Gasteiger partial charge is 0.246 e. The number of aromatic nitrogens is 1. The maximum atomic E-state index is 15.1. The van der Waals surface area contributed by atoms with Crippen LogP contribution < -0.4 is 10.6 Å². The van der Waals surface area contributed by atoms with Crippen LogP contribution in [-0.4, -0.2) is 58.4 Å². The van der Waals surface area contributed by atoms with E-state index in [4.69, 9.17) is 27.3 Å². The predicted octanol–water partition coefficient (Wildman–Crippen LogP) is 6.38. The molecule has 2 aromatic carbocycles. The second kappa shape index (κ2) is 10.8. The second-order valence-corrected chi connectivity index (χ2v) is 12.2. The molecule has 1 saturated heterocycles. The zero-order valence-electron chi connectivity index (χ0n) is 24.2. The molecule has 1 amide bonds. The Morgan fingerprint density at radius 3 is 2.54 bits per heavy atom. The number of anilines is 3. The van der Waals surface area contributed by atoms with Crippen molar-refractivity contribution in [3.63, 3.8) is 0 Å². The lowest BCUT2D eigenvalue weighted by Gasteiger charge is -2.46. The number of nitrogen functional groups attached to an aromatic ring is 1. The van der Waals surface area contributed by atoms with Gasteiger partial charge in [-0.1, -0.05) is 63.2 Å². The lowest BCUT2D eigenvalue weighted by molar-refractivity contribution is -0.130. The van der Waals surface area contributed by atoms with Crippen LogP contribution in [0.1, 0.15) is 45.7 Å². The first-order valence-electron chi connectivity index (χ1n) is 13.8. The van der Waals surface area contributed by atoms with Crippen LogP contribution in [0.2, 0.25) is 5.02 Å². The summed E-state index contributed by atoms with van der Waals surface area (Å²) in [6.45, 7) is 15.7. The first kappa shape index (κ1) is 28.6. The van der Waals surface area contributed by atoms with Crippen molar-refractivity contribution in [1.82, 2.24) is 14.8 Å². The summed E-state index contributed by atoms with van der Waals surface area (Å²) in [6.07, 6.45) is 1.36. The lowest BCUT2D eigenvalue weighted by atomic mass is 9.85. The van der Waals surface area contributed by atoms with Gasteiger partial charge in [-0.3, -0.25) is 4.79 Å². The number of nitrogens with zero attached hydrogens (tertiary/aromatic N) is 5. The van der Waals surface area contributed by atoms with Gasteiger partial charge in [0.15, 0.2) is 0 Å². The fourth-order valence-corrected chi connectivity index (χ4v) is 5.98. The third-order valence-corrected chi connectivity index (χ3v) is 8.10. The van der Waals surface area contributed by atoms with Gasteiger partial charge in [0.05, 0.1) is 21.8 Å². The Labute approximate surface area is 246 Å². The van der Waals surface area contributed by atoms with Crippen molar-refractivity contribution in [2.45, 2.75) is 52.1 Å². The molecule has 7 nitrogen and oxygen atoms in total. The van der Waals surface area contributed by atoms with E-state index in [0.29, 0.717) is 25.6 Å². The Morgan fingerprint density at radius 1 is 1.12 bits per heavy atom. The minimum Gasteiger partial charge on any atom is -0.398 e. The molecule has 2 aliphatic rings. The van der Waals surface area contributed by atoms with Crippen LogP contribution >= 0.6 is 11.6 Å². The average Bonchev–Trinajstić information content (AvgIpc) is 2.93. The van der Waals surface area contributed by atoms with Crippen molar-refractivity contribution in [2.75, 3.05) is 30.4 Å². The van der Waals surface area contributed by atoms with Gasteiger partial charge in [-0.2, -0.15) is 0 Å². The van der Waals surface area contributed by atoms with Gasteiger partial charge >= 0.3 is 0 Å². The molecule has 0 radical (unpaired) electrons. The first-order chi connectivity index (χ1) is 19.4. The Bertz CT molecular complexity index is 1530. The quantitative estimate of drug-likeness (QED) is 0.290. The monoisotopic (exact) mass is 574 g/mol. The molecule has 0 aliphatic carbocycles. The Balaban J connectivity index is 1.68. The van der Waals surface area contributed by atoms with Crippen LogP contribution in [0.5, 0.6) is 0 Å². The molecule has 9 heteroatoms. The second-order valence-electron chi connectivity index (χ2n) is 11.8. The maximum Gasteiger partial charge on any atom is 0.246 e. The molecule has 2 atom stereocenters. The van der Waals surface area contributed by atoms with E-state index in [1.807, 2.05) is 30.0 Å². The fraction of sp³-hybridized carbons (Fsp3) is 0.344. The summed E-state index contributed by atoms with van der Waals surface area (Å²) >= 11 is 6.85. The summed E-state index contributed by atoms with van der Waals surface area (Å²) < 4.78 is 15.1. The third kappa shape index (κ3) is 5.17. The van der Waals surface area contributed by atoms with E-state index in [1.54, 1.807) is 12.1 Å². The van der Waals surface area contributed by atoms with Gasteiger partial charge in [0.2, 0.25) is 5.91 Å². The zero-order chi connectivity index (χ0) is 29.6. The highest BCUT2D eigenvalue weighted by Gasteiger charge is 2.37. The number of amidine groups is 1. The van der Waals surface area contributed by atoms with Crippen LogP contribution in [-0.2, 0) is 10.2 Å². The van der Waals surface area contributed by atoms with E-state index in [2.05, 4.69) is 56.2 Å². The van der Waals surface area contributed by atoms with Crippen molar-refractivity contribution >= 4 is 40.5 Å². The molecule has 5 rings (SSSR count). The molecule has 214 valence electrons. The number of rotatable bonds is 3. The normalized spacial score (nSPS) is 19.1. The number of aliphatic imine (C=N–C) groups is 1. The summed E-state index contributed by atoms with van der Waals surface area (Å²) in [5, 5.41) is 0.278. The van der Waals surface area contributed by atoms with Crippen LogP contribution in [0, 0.1) is 5.82 Å². The van der Waals surface area contributed by atoms with E-state index in [9.17, 15) is 4.79 Å². The molecule has 41 heavy (non-hydrogen) atoms. The number of halogens is 2. The number of carbonyl (C=O) groups excluding carboxylic acids is 1. The van der Waals surface area contributed by atoms with Gasteiger partial charge in [0, 0.05) is 36.5 Å². The van der Waals surface area contributed by atoms with Crippen molar-refractivity contribution in [3.05, 3.63) is 83.2 Å². The number of para-hydroxylation sites is 1. The number of fused-ring (bicyclic) bond motifs is 1. The van der Waals surface area contributed by atoms with Gasteiger partial charge in [-0.25, -0.2) is 14.4 Å². The molecule has 1 aromatic heterocycles. The predicted molar refractivity (Wildman–Crippen MR) is 165 cm³/mol. The third-order valence-electron chi connectivity index (χ3n) is 7.82. The summed E-state index contributed by atoms with van der Waals surface area (Å²) in [7, 11) is 0. The van der Waals surface area contributed by atoms with E-state index in [-0.39, 0.29) is 45.4 Å². The number of nitrogens with two attached hydrogens (primary N) is 1. The molecular formula is C32H36ClFN6O. The Hall–Kier alpha value is -3.91. The van der Waals surface area contributed by atoms with Gasteiger partial charge in [-0.05, 0) is 55.2 Å². The summed E-state index contributed by atoms with van der Waals surface area (Å²) in [5.74, 6) is 0.795. The molecule has 3 aromatic rings. The van der Waals surface area contributed by atoms with Gasteiger partial charge < -0.3 is 20.4 Å². The van der Waals surface area contributed by atoms with Crippen LogP contribution in [0.25, 0.3) is 11.3 Å². The van der Waals surface area contributed by atoms with E-state index < -0.39 is 5.82 Å². The van der Waals surface area contributed by atoms with Gasteiger partial charge in [0.25, 0.3) is 0 Å². The molecule has 0 bridgehead atoms. The molecule has 1 fully saturated rings. The Kier molecular flexibility index (Phi) is 7.55. The summed E-state index contributed by atoms with van der Waals surface area (Å²) in [5.41, 5.74) is 9.63. The van der Waals surface area contributed by atoms with Crippen molar-refractivity contribution in [1.29, 1.82) is 0 Å². The number of pyridine rings is 1. The standard InChI is InChI=1S/C32H36ClFN6O/c1-7-27(41)38-16-20(3)39(17-19(38)2)30-21-15-23(33)29(28-24(34)12-10-13-25(28)35)37-31(21)40(18-36-30)26-14-9-8-11-22(26)32(4,5)6/h7-15,19-20H,1,16-18,35H2,2-6H3/t19-,20+/m1/s1. The molecule has 0 spiro atoms. The highest BCUT2D eigenvalue weighted by atomic mass is 35.5.